The lowest BCUT2D eigenvalue weighted by Crippen LogP contribution is -2.28. The van der Waals surface area contributed by atoms with Crippen LogP contribution < -0.4 is 5.56 Å². The van der Waals surface area contributed by atoms with Crippen molar-refractivity contribution in [3.63, 3.8) is 0 Å². The lowest BCUT2D eigenvalue weighted by atomic mass is 9.96. The van der Waals surface area contributed by atoms with Gasteiger partial charge >= 0.3 is 0 Å². The van der Waals surface area contributed by atoms with Crippen LogP contribution >= 0.6 is 23.1 Å². The Hall–Kier alpha value is -2.16. The number of aryl methyl sites for hydroxylation is 1. The van der Waals surface area contributed by atoms with Crippen molar-refractivity contribution in [2.24, 2.45) is 5.92 Å². The molecule has 5 rings (SSSR count). The first kappa shape index (κ1) is 21.7. The second kappa shape index (κ2) is 8.65. The van der Waals surface area contributed by atoms with Gasteiger partial charge in [0.1, 0.15) is 4.83 Å². The molecule has 0 spiro atoms. The first-order valence-corrected chi connectivity index (χ1v) is 13.1. The maximum absolute atomic E-state index is 13.9. The number of thioether (sulfide) groups is 1. The molecule has 1 unspecified atom stereocenters. The quantitative estimate of drug-likeness (QED) is 0.280. The summed E-state index contributed by atoms with van der Waals surface area (Å²) in [5.74, 6) is 1.95. The zero-order valence-corrected chi connectivity index (χ0v) is 20.6. The van der Waals surface area contributed by atoms with Crippen LogP contribution in [0.25, 0.3) is 21.7 Å². The van der Waals surface area contributed by atoms with Crippen molar-refractivity contribution < 1.29 is 4.74 Å². The van der Waals surface area contributed by atoms with Crippen LogP contribution in [-0.4, -0.2) is 31.0 Å². The van der Waals surface area contributed by atoms with Gasteiger partial charge in [0.15, 0.2) is 5.16 Å². The minimum atomic E-state index is -0.0178. The Morgan fingerprint density at radius 3 is 2.75 bits per heavy atom. The van der Waals surface area contributed by atoms with Crippen molar-refractivity contribution in [3.8, 4) is 5.69 Å². The minimum Gasteiger partial charge on any atom is -0.372 e. The minimum absolute atomic E-state index is 0.0178. The molecule has 0 N–H and O–H groups in total. The average Bonchev–Trinajstić information content (AvgIpc) is 3.36. The van der Waals surface area contributed by atoms with Gasteiger partial charge in [-0.1, -0.05) is 56.7 Å². The number of ether oxygens (including phenoxy) is 1. The molecule has 0 aliphatic carbocycles. The molecule has 4 aromatic rings. The third-order valence-corrected chi connectivity index (χ3v) is 8.31. The topological polar surface area (TPSA) is 61.4 Å². The highest BCUT2D eigenvalue weighted by atomic mass is 32.2. The molecule has 0 amide bonds. The molecule has 32 heavy (non-hydrogen) atoms. The molecule has 6 nitrogen and oxygen atoms in total. The van der Waals surface area contributed by atoms with E-state index in [0.717, 1.165) is 62.1 Å². The van der Waals surface area contributed by atoms with Gasteiger partial charge in [-0.3, -0.25) is 4.79 Å². The highest BCUT2D eigenvalue weighted by molar-refractivity contribution is 7.99. The Bertz CT molecular complexity index is 1330. The van der Waals surface area contributed by atoms with Gasteiger partial charge in [0.05, 0.1) is 23.8 Å². The van der Waals surface area contributed by atoms with E-state index in [1.807, 2.05) is 31.2 Å². The number of thiophene rings is 1. The second-order valence-corrected chi connectivity index (χ2v) is 10.9. The maximum Gasteiger partial charge on any atom is 0.268 e. The number of unbranched alkanes of at least 4 members (excludes halogenated alkanes) is 1. The Balaban J connectivity index is 1.80. The molecule has 1 atom stereocenters. The molecule has 8 heteroatoms. The summed E-state index contributed by atoms with van der Waals surface area (Å²) in [7, 11) is 0. The molecule has 1 aromatic carbocycles. The number of hydrogen-bond donors (Lipinski definition) is 0. The van der Waals surface area contributed by atoms with E-state index in [0.29, 0.717) is 18.3 Å². The summed E-state index contributed by atoms with van der Waals surface area (Å²) in [6, 6.07) is 8.03. The van der Waals surface area contributed by atoms with Gasteiger partial charge in [-0.15, -0.1) is 21.5 Å². The van der Waals surface area contributed by atoms with Crippen LogP contribution in [0.4, 0.5) is 0 Å². The number of benzene rings is 1. The molecule has 1 aliphatic rings. The summed E-state index contributed by atoms with van der Waals surface area (Å²) in [6.07, 6.45) is 3.14. The highest BCUT2D eigenvalue weighted by Gasteiger charge is 2.30. The van der Waals surface area contributed by atoms with Crippen LogP contribution in [0.3, 0.4) is 0 Å². The van der Waals surface area contributed by atoms with Crippen LogP contribution in [0, 0.1) is 12.8 Å². The van der Waals surface area contributed by atoms with E-state index in [1.54, 1.807) is 27.7 Å². The third-order valence-electron chi connectivity index (χ3n) is 6.11. The lowest BCUT2D eigenvalue weighted by molar-refractivity contribution is 0.00200. The Kier molecular flexibility index (Phi) is 5.86. The summed E-state index contributed by atoms with van der Waals surface area (Å²) in [4.78, 5) is 16.0. The maximum atomic E-state index is 13.9. The van der Waals surface area contributed by atoms with E-state index in [4.69, 9.17) is 4.74 Å². The Labute approximate surface area is 195 Å². The summed E-state index contributed by atoms with van der Waals surface area (Å²) in [6.45, 7) is 9.15. The standard InChI is InChI=1S/C24H28N4O2S2/c1-5-6-11-31-24-26-25-23-27(16-9-7-15(4)8-10-16)21(29)20-17-12-18(14(2)3)30-13-19(17)32-22(20)28(23)24/h7-10,14,18H,5-6,11-13H2,1-4H3. The third kappa shape index (κ3) is 3.58. The van der Waals surface area contributed by atoms with E-state index in [9.17, 15) is 4.79 Å². The van der Waals surface area contributed by atoms with E-state index in [-0.39, 0.29) is 11.7 Å². The molecule has 3 aromatic heterocycles. The molecule has 168 valence electrons. The number of nitrogens with zero attached hydrogens (tertiary/aromatic N) is 4. The molecule has 0 radical (unpaired) electrons. The van der Waals surface area contributed by atoms with Crippen molar-refractivity contribution in [1.82, 2.24) is 19.2 Å². The SMILES string of the molecule is CCCCSc1nnc2n(-c3ccc(C)cc3)c(=O)c3c4c(sc3n12)COC(C(C)C)C4. The van der Waals surface area contributed by atoms with E-state index in [2.05, 4.69) is 35.4 Å². The van der Waals surface area contributed by atoms with Crippen molar-refractivity contribution in [2.75, 3.05) is 5.75 Å². The number of rotatable bonds is 6. The van der Waals surface area contributed by atoms with Crippen molar-refractivity contribution in [1.29, 1.82) is 0 Å². The summed E-state index contributed by atoms with van der Waals surface area (Å²) in [5, 5.41) is 10.6. The molecule has 0 saturated carbocycles. The molecule has 0 saturated heterocycles. The fourth-order valence-electron chi connectivity index (χ4n) is 4.19. The van der Waals surface area contributed by atoms with Crippen LogP contribution in [-0.2, 0) is 17.8 Å². The van der Waals surface area contributed by atoms with Crippen LogP contribution in [0.2, 0.25) is 0 Å². The van der Waals surface area contributed by atoms with Gasteiger partial charge < -0.3 is 4.74 Å². The summed E-state index contributed by atoms with van der Waals surface area (Å²) >= 11 is 3.36. The van der Waals surface area contributed by atoms with Gasteiger partial charge in [-0.05, 0) is 37.0 Å². The largest absolute Gasteiger partial charge is 0.372 e. The van der Waals surface area contributed by atoms with Crippen LogP contribution in [0.5, 0.6) is 0 Å². The fraction of sp³-hybridized carbons (Fsp3) is 0.458. The zero-order chi connectivity index (χ0) is 22.4. The van der Waals surface area contributed by atoms with Gasteiger partial charge in [-0.25, -0.2) is 8.97 Å². The highest BCUT2D eigenvalue weighted by Crippen LogP contribution is 2.37. The molecule has 0 fully saturated rings. The predicted molar refractivity (Wildman–Crippen MR) is 131 cm³/mol. The smallest absolute Gasteiger partial charge is 0.268 e. The first-order chi connectivity index (χ1) is 15.5. The normalized spacial score (nSPS) is 16.3. The zero-order valence-electron chi connectivity index (χ0n) is 18.9. The number of hydrogen-bond acceptors (Lipinski definition) is 6. The molecule has 4 heterocycles. The van der Waals surface area contributed by atoms with Gasteiger partial charge in [0.25, 0.3) is 5.56 Å². The lowest BCUT2D eigenvalue weighted by Gasteiger charge is -2.26. The van der Waals surface area contributed by atoms with Crippen molar-refractivity contribution in [3.05, 3.63) is 50.6 Å². The molecular formula is C24H28N4O2S2. The fourth-order valence-corrected chi connectivity index (χ4v) is 6.51. The van der Waals surface area contributed by atoms with Gasteiger partial charge in [0, 0.05) is 17.1 Å². The van der Waals surface area contributed by atoms with Crippen LogP contribution in [0.15, 0.2) is 34.2 Å². The molecular weight excluding hydrogens is 440 g/mol. The Morgan fingerprint density at radius 2 is 2.03 bits per heavy atom. The number of fused-ring (bicyclic) bond motifs is 5. The summed E-state index contributed by atoms with van der Waals surface area (Å²) in [5.41, 5.74) is 3.09. The van der Waals surface area contributed by atoms with Crippen LogP contribution in [0.1, 0.15) is 49.6 Å². The summed E-state index contributed by atoms with van der Waals surface area (Å²) < 4.78 is 9.94. The van der Waals surface area contributed by atoms with E-state index in [1.165, 1.54) is 0 Å². The monoisotopic (exact) mass is 468 g/mol. The molecule has 1 aliphatic heterocycles. The van der Waals surface area contributed by atoms with Crippen molar-refractivity contribution >= 4 is 39.1 Å². The van der Waals surface area contributed by atoms with Gasteiger partial charge in [0.2, 0.25) is 5.78 Å². The predicted octanol–water partition coefficient (Wildman–Crippen LogP) is 5.39. The van der Waals surface area contributed by atoms with E-state index < -0.39 is 0 Å². The Morgan fingerprint density at radius 1 is 1.25 bits per heavy atom. The van der Waals surface area contributed by atoms with E-state index >= 15 is 0 Å². The molecule has 0 bridgehead atoms. The van der Waals surface area contributed by atoms with Gasteiger partial charge in [-0.2, -0.15) is 0 Å². The average molecular weight is 469 g/mol. The first-order valence-electron chi connectivity index (χ1n) is 11.3. The van der Waals surface area contributed by atoms with Crippen molar-refractivity contribution in [2.45, 2.75) is 64.8 Å². The number of aromatic nitrogens is 4. The second-order valence-electron chi connectivity index (χ2n) is 8.78.